The van der Waals surface area contributed by atoms with Gasteiger partial charge in [-0.15, -0.1) is 0 Å². The highest BCUT2D eigenvalue weighted by molar-refractivity contribution is 7.22. The SMILES string of the molecule is COc1ccc(C(C)=O)cc1CC(=O)Nc1nc2c(F)cc(F)cc2s1. The van der Waals surface area contributed by atoms with E-state index in [1.54, 1.807) is 18.2 Å². The Labute approximate surface area is 151 Å². The van der Waals surface area contributed by atoms with Crippen LogP contribution >= 0.6 is 11.3 Å². The number of fused-ring (bicyclic) bond motifs is 1. The zero-order chi connectivity index (χ0) is 18.8. The molecule has 0 radical (unpaired) electrons. The number of amides is 1. The number of benzene rings is 2. The van der Waals surface area contributed by atoms with Gasteiger partial charge in [-0.05, 0) is 31.2 Å². The van der Waals surface area contributed by atoms with Gasteiger partial charge >= 0.3 is 0 Å². The summed E-state index contributed by atoms with van der Waals surface area (Å²) < 4.78 is 32.5. The van der Waals surface area contributed by atoms with Gasteiger partial charge < -0.3 is 10.1 Å². The number of ketones is 1. The van der Waals surface area contributed by atoms with Crippen LogP contribution in [0, 0.1) is 11.6 Å². The molecule has 1 aromatic heterocycles. The van der Waals surface area contributed by atoms with Gasteiger partial charge in [0.2, 0.25) is 5.91 Å². The van der Waals surface area contributed by atoms with Crippen molar-refractivity contribution in [2.24, 2.45) is 0 Å². The number of nitrogens with one attached hydrogen (secondary N) is 1. The summed E-state index contributed by atoms with van der Waals surface area (Å²) in [6.45, 7) is 1.43. The Morgan fingerprint density at radius 1 is 1.23 bits per heavy atom. The standard InChI is InChI=1S/C18H14F2N2O3S/c1-9(23)10-3-4-14(25-2)11(5-10)6-16(24)21-18-22-17-13(20)7-12(19)8-15(17)26-18/h3-5,7-8H,6H2,1-2H3,(H,21,22,24). The number of carbonyl (C=O) groups excluding carboxylic acids is 2. The molecule has 8 heteroatoms. The van der Waals surface area contributed by atoms with Gasteiger partial charge in [-0.2, -0.15) is 0 Å². The smallest absolute Gasteiger partial charge is 0.230 e. The molecule has 0 spiro atoms. The number of anilines is 1. The Morgan fingerprint density at radius 2 is 2.00 bits per heavy atom. The van der Waals surface area contributed by atoms with Crippen LogP contribution in [0.5, 0.6) is 5.75 Å². The van der Waals surface area contributed by atoms with E-state index in [0.29, 0.717) is 21.6 Å². The average Bonchev–Trinajstić information content (AvgIpc) is 2.97. The molecule has 1 heterocycles. The first kappa shape index (κ1) is 17.9. The molecule has 0 aliphatic heterocycles. The summed E-state index contributed by atoms with van der Waals surface area (Å²) in [7, 11) is 1.47. The van der Waals surface area contributed by atoms with Crippen molar-refractivity contribution in [2.45, 2.75) is 13.3 Å². The second-order valence-corrected chi connectivity index (χ2v) is 6.59. The number of aromatic nitrogens is 1. The largest absolute Gasteiger partial charge is 0.496 e. The normalized spacial score (nSPS) is 10.8. The molecule has 0 unspecified atom stereocenters. The lowest BCUT2D eigenvalue weighted by Gasteiger charge is -2.09. The number of Topliss-reactive ketones (excluding diaryl/α,β-unsaturated/α-hetero) is 1. The topological polar surface area (TPSA) is 68.3 Å². The van der Waals surface area contributed by atoms with Crippen LogP contribution in [0.25, 0.3) is 10.2 Å². The highest BCUT2D eigenvalue weighted by atomic mass is 32.1. The fourth-order valence-electron chi connectivity index (χ4n) is 2.48. The maximum Gasteiger partial charge on any atom is 0.230 e. The van der Waals surface area contributed by atoms with Crippen LogP contribution in [0.3, 0.4) is 0 Å². The quantitative estimate of drug-likeness (QED) is 0.684. The Morgan fingerprint density at radius 3 is 2.69 bits per heavy atom. The summed E-state index contributed by atoms with van der Waals surface area (Å²) in [6.07, 6.45) is -0.0585. The monoisotopic (exact) mass is 376 g/mol. The molecule has 26 heavy (non-hydrogen) atoms. The Hall–Kier alpha value is -2.87. The van der Waals surface area contributed by atoms with E-state index >= 15 is 0 Å². The van der Waals surface area contributed by atoms with E-state index in [1.165, 1.54) is 14.0 Å². The second kappa shape index (κ2) is 7.17. The minimum Gasteiger partial charge on any atom is -0.496 e. The predicted molar refractivity (Wildman–Crippen MR) is 94.9 cm³/mol. The molecule has 3 aromatic rings. The molecule has 0 fully saturated rings. The maximum absolute atomic E-state index is 13.7. The van der Waals surface area contributed by atoms with E-state index in [0.717, 1.165) is 23.5 Å². The fourth-order valence-corrected chi connectivity index (χ4v) is 3.40. The second-order valence-electron chi connectivity index (χ2n) is 5.56. The predicted octanol–water partition coefficient (Wildman–Crippen LogP) is 3.97. The van der Waals surface area contributed by atoms with Gasteiger partial charge in [-0.1, -0.05) is 11.3 Å². The van der Waals surface area contributed by atoms with Crippen LogP contribution in [0.1, 0.15) is 22.8 Å². The zero-order valence-electron chi connectivity index (χ0n) is 13.9. The minimum atomic E-state index is -0.785. The molecule has 134 valence electrons. The van der Waals surface area contributed by atoms with E-state index in [1.807, 2.05) is 0 Å². The Bertz CT molecular complexity index is 1020. The highest BCUT2D eigenvalue weighted by Crippen LogP contribution is 2.29. The third-order valence-corrected chi connectivity index (χ3v) is 4.62. The van der Waals surface area contributed by atoms with E-state index in [9.17, 15) is 18.4 Å². The van der Waals surface area contributed by atoms with Gasteiger partial charge in [0.1, 0.15) is 17.1 Å². The molecule has 0 atom stereocenters. The first-order chi connectivity index (χ1) is 12.4. The zero-order valence-corrected chi connectivity index (χ0v) is 14.7. The first-order valence-corrected chi connectivity index (χ1v) is 8.42. The summed E-state index contributed by atoms with van der Waals surface area (Å²) >= 11 is 0.974. The van der Waals surface area contributed by atoms with Crippen molar-refractivity contribution < 1.29 is 23.1 Å². The number of hydrogen-bond acceptors (Lipinski definition) is 5. The molecule has 0 aliphatic carbocycles. The number of ether oxygens (including phenoxy) is 1. The van der Waals surface area contributed by atoms with Crippen LogP contribution in [-0.2, 0) is 11.2 Å². The van der Waals surface area contributed by atoms with E-state index in [2.05, 4.69) is 10.3 Å². The van der Waals surface area contributed by atoms with Crippen molar-refractivity contribution in [3.8, 4) is 5.75 Å². The summed E-state index contributed by atoms with van der Waals surface area (Å²) in [4.78, 5) is 27.8. The summed E-state index contributed by atoms with van der Waals surface area (Å²) in [6, 6.07) is 6.73. The van der Waals surface area contributed by atoms with E-state index in [-0.39, 0.29) is 22.9 Å². The number of rotatable bonds is 5. The van der Waals surface area contributed by atoms with Crippen molar-refractivity contribution in [3.63, 3.8) is 0 Å². The van der Waals surface area contributed by atoms with Crippen LogP contribution < -0.4 is 10.1 Å². The maximum atomic E-state index is 13.7. The number of hydrogen-bond donors (Lipinski definition) is 1. The molecular weight excluding hydrogens is 362 g/mol. The Balaban J connectivity index is 1.82. The van der Waals surface area contributed by atoms with Gasteiger partial charge in [-0.3, -0.25) is 9.59 Å². The van der Waals surface area contributed by atoms with Crippen molar-refractivity contribution >= 4 is 38.4 Å². The molecule has 1 amide bonds. The van der Waals surface area contributed by atoms with Crippen LogP contribution in [0.4, 0.5) is 13.9 Å². The summed E-state index contributed by atoms with van der Waals surface area (Å²) in [5.74, 6) is -1.56. The van der Waals surface area contributed by atoms with Gasteiger partial charge in [0.25, 0.3) is 0 Å². The number of nitrogens with zero attached hydrogens (tertiary/aromatic N) is 1. The molecule has 3 rings (SSSR count). The molecule has 0 bridgehead atoms. The Kier molecular flexibility index (Phi) is 4.94. The van der Waals surface area contributed by atoms with Crippen LogP contribution in [0.15, 0.2) is 30.3 Å². The third kappa shape index (κ3) is 3.70. The number of halogens is 2. The third-order valence-electron chi connectivity index (χ3n) is 3.70. The first-order valence-electron chi connectivity index (χ1n) is 7.60. The van der Waals surface area contributed by atoms with Crippen LogP contribution in [-0.4, -0.2) is 23.8 Å². The van der Waals surface area contributed by atoms with Crippen molar-refractivity contribution in [3.05, 3.63) is 53.1 Å². The lowest BCUT2D eigenvalue weighted by Crippen LogP contribution is -2.15. The molecule has 0 saturated carbocycles. The summed E-state index contributed by atoms with van der Waals surface area (Å²) in [5.41, 5.74) is 1.00. The van der Waals surface area contributed by atoms with Gasteiger partial charge in [0, 0.05) is 17.2 Å². The lowest BCUT2D eigenvalue weighted by molar-refractivity contribution is -0.115. The van der Waals surface area contributed by atoms with Gasteiger partial charge in [-0.25, -0.2) is 13.8 Å². The number of carbonyl (C=O) groups is 2. The van der Waals surface area contributed by atoms with E-state index < -0.39 is 17.5 Å². The lowest BCUT2D eigenvalue weighted by atomic mass is 10.0. The molecule has 0 aliphatic rings. The van der Waals surface area contributed by atoms with Crippen molar-refractivity contribution in [2.75, 3.05) is 12.4 Å². The minimum absolute atomic E-state index is 0.00265. The highest BCUT2D eigenvalue weighted by Gasteiger charge is 2.15. The average molecular weight is 376 g/mol. The fraction of sp³-hybridized carbons (Fsp3) is 0.167. The van der Waals surface area contributed by atoms with Crippen LogP contribution in [0.2, 0.25) is 0 Å². The number of methoxy groups -OCH3 is 1. The van der Waals surface area contributed by atoms with Crippen molar-refractivity contribution in [1.82, 2.24) is 4.98 Å². The van der Waals surface area contributed by atoms with Gasteiger partial charge in [0.15, 0.2) is 16.7 Å². The summed E-state index contributed by atoms with van der Waals surface area (Å²) in [5, 5.41) is 2.73. The van der Waals surface area contributed by atoms with Gasteiger partial charge in [0.05, 0.1) is 18.2 Å². The molecule has 0 saturated heterocycles. The molecule has 5 nitrogen and oxygen atoms in total. The van der Waals surface area contributed by atoms with E-state index in [4.69, 9.17) is 4.74 Å². The molecular formula is C18H14F2N2O3S. The molecule has 2 aromatic carbocycles. The molecule has 1 N–H and O–H groups in total. The van der Waals surface area contributed by atoms with Crippen molar-refractivity contribution in [1.29, 1.82) is 0 Å². The number of thiazole rings is 1.